The molecule has 10 heavy (non-hydrogen) atoms. The van der Waals surface area contributed by atoms with E-state index in [1.807, 2.05) is 13.8 Å². The molecule has 0 radical (unpaired) electrons. The normalized spacial score (nSPS) is 8.50. The highest BCUT2D eigenvalue weighted by Crippen LogP contribution is 1.95. The van der Waals surface area contributed by atoms with Gasteiger partial charge in [-0.05, 0) is 6.92 Å². The number of nitrogens with zero attached hydrogens (tertiary/aromatic N) is 2. The molecule has 0 bridgehead atoms. The molecular weight excluding hydrogens is 131 g/mol. The van der Waals surface area contributed by atoms with E-state index in [-0.39, 0.29) is 0 Å². The summed E-state index contributed by atoms with van der Waals surface area (Å²) < 4.78 is 13.5. The van der Waals surface area contributed by atoms with Gasteiger partial charge in [0.1, 0.15) is 0 Å². The van der Waals surface area contributed by atoms with Crippen molar-refractivity contribution >= 4 is 0 Å². The SMILES string of the molecule is CC.Cc1cn(C)c(F)n1. The lowest BCUT2D eigenvalue weighted by Gasteiger charge is -1.82. The molecule has 0 fully saturated rings. The summed E-state index contributed by atoms with van der Waals surface area (Å²) in [7, 11) is 1.62. The number of rotatable bonds is 0. The molecule has 1 aromatic heterocycles. The van der Waals surface area contributed by atoms with E-state index >= 15 is 0 Å². The van der Waals surface area contributed by atoms with Gasteiger partial charge < -0.3 is 4.57 Å². The van der Waals surface area contributed by atoms with Crippen molar-refractivity contribution in [2.24, 2.45) is 7.05 Å². The Kier molecular flexibility index (Phi) is 3.69. The van der Waals surface area contributed by atoms with Gasteiger partial charge in [0.2, 0.25) is 0 Å². The van der Waals surface area contributed by atoms with Crippen molar-refractivity contribution in [1.82, 2.24) is 9.55 Å². The summed E-state index contributed by atoms with van der Waals surface area (Å²) in [6.07, 6.45) is 1.21. The topological polar surface area (TPSA) is 17.8 Å². The van der Waals surface area contributed by atoms with E-state index in [1.165, 1.54) is 4.57 Å². The minimum Gasteiger partial charge on any atom is -0.310 e. The molecule has 0 atom stereocenters. The third-order valence-corrected chi connectivity index (χ3v) is 0.940. The molecule has 0 aliphatic rings. The van der Waals surface area contributed by atoms with Crippen LogP contribution in [0, 0.1) is 13.0 Å². The fourth-order valence-electron chi connectivity index (χ4n) is 0.587. The number of hydrogen-bond acceptors (Lipinski definition) is 1. The fourth-order valence-corrected chi connectivity index (χ4v) is 0.587. The van der Waals surface area contributed by atoms with Crippen LogP contribution in [0.2, 0.25) is 0 Å². The molecule has 0 unspecified atom stereocenters. The van der Waals surface area contributed by atoms with Crippen LogP contribution in [0.25, 0.3) is 0 Å². The monoisotopic (exact) mass is 144 g/mol. The van der Waals surface area contributed by atoms with E-state index in [9.17, 15) is 4.39 Å². The van der Waals surface area contributed by atoms with Crippen molar-refractivity contribution in [2.75, 3.05) is 0 Å². The van der Waals surface area contributed by atoms with Crippen LogP contribution in [0.3, 0.4) is 0 Å². The average Bonchev–Trinajstić information content (AvgIpc) is 2.16. The van der Waals surface area contributed by atoms with Crippen molar-refractivity contribution in [1.29, 1.82) is 0 Å². The Morgan fingerprint density at radius 1 is 1.50 bits per heavy atom. The first kappa shape index (κ1) is 9.14. The maximum atomic E-state index is 12.2. The first-order chi connectivity index (χ1) is 4.70. The van der Waals surface area contributed by atoms with Gasteiger partial charge >= 0.3 is 0 Å². The van der Waals surface area contributed by atoms with E-state index in [4.69, 9.17) is 0 Å². The van der Waals surface area contributed by atoms with Crippen LogP contribution in [-0.2, 0) is 7.05 Å². The summed E-state index contributed by atoms with van der Waals surface area (Å²) in [5.41, 5.74) is 0.713. The highest BCUT2D eigenvalue weighted by atomic mass is 19.1. The number of aryl methyl sites for hydroxylation is 2. The summed E-state index contributed by atoms with van der Waals surface area (Å²) >= 11 is 0. The van der Waals surface area contributed by atoms with Gasteiger partial charge in [0.05, 0.1) is 5.69 Å². The highest BCUT2D eigenvalue weighted by molar-refractivity contribution is 4.92. The molecule has 58 valence electrons. The summed E-state index contributed by atoms with van der Waals surface area (Å²) in [6.45, 7) is 5.75. The predicted octanol–water partition coefficient (Wildman–Crippen LogP) is 1.89. The average molecular weight is 144 g/mol. The first-order valence-corrected chi connectivity index (χ1v) is 3.35. The van der Waals surface area contributed by atoms with Crippen molar-refractivity contribution in [3.63, 3.8) is 0 Å². The van der Waals surface area contributed by atoms with Crippen LogP contribution in [-0.4, -0.2) is 9.55 Å². The largest absolute Gasteiger partial charge is 0.310 e. The number of hydrogen-bond donors (Lipinski definition) is 0. The molecule has 0 saturated carbocycles. The molecular formula is C7H13FN2. The number of halogens is 1. The zero-order valence-electron chi connectivity index (χ0n) is 6.85. The summed E-state index contributed by atoms with van der Waals surface area (Å²) in [5, 5.41) is 0. The van der Waals surface area contributed by atoms with Crippen molar-refractivity contribution in [3.8, 4) is 0 Å². The zero-order valence-corrected chi connectivity index (χ0v) is 6.85. The molecule has 1 rings (SSSR count). The lowest BCUT2D eigenvalue weighted by molar-refractivity contribution is 0.500. The molecule has 0 amide bonds. The lowest BCUT2D eigenvalue weighted by Crippen LogP contribution is -1.88. The van der Waals surface area contributed by atoms with Gasteiger partial charge in [-0.1, -0.05) is 13.8 Å². The first-order valence-electron chi connectivity index (χ1n) is 3.35. The number of aromatic nitrogens is 2. The molecule has 0 aliphatic carbocycles. The van der Waals surface area contributed by atoms with Gasteiger partial charge in [-0.15, -0.1) is 0 Å². The Morgan fingerprint density at radius 2 is 2.00 bits per heavy atom. The summed E-state index contributed by atoms with van der Waals surface area (Å²) in [6, 6.07) is 0. The van der Waals surface area contributed by atoms with Crippen LogP contribution < -0.4 is 0 Å². The minimum atomic E-state index is -0.428. The van der Waals surface area contributed by atoms with Crippen LogP contribution in [0.5, 0.6) is 0 Å². The fraction of sp³-hybridized carbons (Fsp3) is 0.571. The second-order valence-corrected chi connectivity index (χ2v) is 1.76. The van der Waals surface area contributed by atoms with Crippen LogP contribution in [0.4, 0.5) is 4.39 Å². The van der Waals surface area contributed by atoms with E-state index in [2.05, 4.69) is 4.98 Å². The maximum Gasteiger partial charge on any atom is 0.289 e. The molecule has 0 spiro atoms. The molecule has 1 heterocycles. The lowest BCUT2D eigenvalue weighted by atomic mass is 10.6. The Bertz CT molecular complexity index is 174. The van der Waals surface area contributed by atoms with E-state index in [0.29, 0.717) is 5.69 Å². The maximum absolute atomic E-state index is 12.2. The van der Waals surface area contributed by atoms with E-state index in [0.717, 1.165) is 0 Å². The van der Waals surface area contributed by atoms with E-state index < -0.39 is 6.08 Å². The molecule has 0 aromatic carbocycles. The minimum absolute atomic E-state index is 0.428. The van der Waals surface area contributed by atoms with Crippen molar-refractivity contribution < 1.29 is 4.39 Å². The standard InChI is InChI=1S/C5H7FN2.C2H6/c1-4-3-8(2)5(6)7-4;1-2/h3H,1-2H3;1-2H3. The Hall–Kier alpha value is -0.860. The van der Waals surface area contributed by atoms with Crippen LogP contribution >= 0.6 is 0 Å². The zero-order chi connectivity index (χ0) is 8.15. The molecule has 3 heteroatoms. The third kappa shape index (κ3) is 2.17. The quantitative estimate of drug-likeness (QED) is 0.543. The Labute approximate surface area is 60.7 Å². The van der Waals surface area contributed by atoms with Gasteiger partial charge in [-0.3, -0.25) is 0 Å². The molecule has 1 aromatic rings. The molecule has 0 aliphatic heterocycles. The Balaban J connectivity index is 0.000000371. The second-order valence-electron chi connectivity index (χ2n) is 1.76. The third-order valence-electron chi connectivity index (χ3n) is 0.940. The van der Waals surface area contributed by atoms with Gasteiger partial charge in [-0.2, -0.15) is 4.39 Å². The smallest absolute Gasteiger partial charge is 0.289 e. The van der Waals surface area contributed by atoms with Crippen molar-refractivity contribution in [3.05, 3.63) is 18.0 Å². The van der Waals surface area contributed by atoms with Gasteiger partial charge in [0, 0.05) is 13.2 Å². The van der Waals surface area contributed by atoms with Crippen LogP contribution in [0.15, 0.2) is 6.20 Å². The molecule has 0 saturated heterocycles. The van der Waals surface area contributed by atoms with Crippen LogP contribution in [0.1, 0.15) is 19.5 Å². The summed E-state index contributed by atoms with van der Waals surface area (Å²) in [5.74, 6) is 0. The predicted molar refractivity (Wildman–Crippen MR) is 39.3 cm³/mol. The summed E-state index contributed by atoms with van der Waals surface area (Å²) in [4.78, 5) is 3.51. The van der Waals surface area contributed by atoms with Gasteiger partial charge in [-0.25, -0.2) is 4.98 Å². The van der Waals surface area contributed by atoms with E-state index in [1.54, 1.807) is 20.2 Å². The highest BCUT2D eigenvalue weighted by Gasteiger charge is 1.96. The Morgan fingerprint density at radius 3 is 2.10 bits per heavy atom. The van der Waals surface area contributed by atoms with Gasteiger partial charge in [0.25, 0.3) is 6.08 Å². The second kappa shape index (κ2) is 4.04. The van der Waals surface area contributed by atoms with Crippen molar-refractivity contribution in [2.45, 2.75) is 20.8 Å². The molecule has 0 N–H and O–H groups in total. The molecule has 2 nitrogen and oxygen atoms in total. The van der Waals surface area contributed by atoms with Gasteiger partial charge in [0.15, 0.2) is 0 Å². The number of imidazole rings is 1.